The molecule has 0 spiro atoms. The maximum Gasteiger partial charge on any atom is 0.410 e. The van der Waals surface area contributed by atoms with E-state index in [1.165, 1.54) is 17.0 Å². The second-order valence-corrected chi connectivity index (χ2v) is 17.7. The predicted octanol–water partition coefficient (Wildman–Crippen LogP) is 9.45. The number of fused-ring (bicyclic) bond motifs is 2. The number of carboxylic acid groups (broad SMARTS) is 1. The zero-order chi connectivity index (χ0) is 48.0. The normalized spacial score (nSPS) is 11.7. The average Bonchev–Trinajstić information content (AvgIpc) is 3.75. The highest BCUT2D eigenvalue weighted by Crippen LogP contribution is 2.30. The van der Waals surface area contributed by atoms with Gasteiger partial charge in [-0.15, -0.1) is 0 Å². The summed E-state index contributed by atoms with van der Waals surface area (Å²) >= 11 is 0. The van der Waals surface area contributed by atoms with Crippen molar-refractivity contribution in [1.82, 2.24) is 49.8 Å². The number of nitrogens with zero attached hydrogens (tertiary/aromatic N) is 10. The Bertz CT molecular complexity index is 2650. The van der Waals surface area contributed by atoms with E-state index in [0.717, 1.165) is 27.9 Å². The molecule has 0 unspecified atom stereocenters. The van der Waals surface area contributed by atoms with Crippen LogP contribution in [0.1, 0.15) is 102 Å². The van der Waals surface area contributed by atoms with Crippen molar-refractivity contribution < 1.29 is 37.7 Å². The molecule has 2 aromatic carbocycles. The molecule has 0 aliphatic heterocycles. The molecule has 4 aromatic heterocycles. The van der Waals surface area contributed by atoms with Crippen molar-refractivity contribution >= 4 is 34.0 Å². The molecular weight excluding hydrogens is 839 g/mol. The number of ether oxygens (including phenoxy) is 3. The van der Waals surface area contributed by atoms with Crippen LogP contribution >= 0.6 is 0 Å². The lowest BCUT2D eigenvalue weighted by Crippen LogP contribution is -2.45. The summed E-state index contributed by atoms with van der Waals surface area (Å²) in [4.78, 5) is 26.7. The number of hydrogen-bond donors (Lipinski definition) is 1. The van der Waals surface area contributed by atoms with E-state index < -0.39 is 28.9 Å². The minimum Gasteiger partial charge on any atom is -0.494 e. The van der Waals surface area contributed by atoms with Crippen LogP contribution in [-0.2, 0) is 17.6 Å². The summed E-state index contributed by atoms with van der Waals surface area (Å²) in [6, 6.07) is 9.45. The Labute approximate surface area is 378 Å². The molecule has 6 rings (SSSR count). The summed E-state index contributed by atoms with van der Waals surface area (Å²) in [5, 5.41) is 37.8. The van der Waals surface area contributed by atoms with E-state index in [9.17, 15) is 23.5 Å². The van der Waals surface area contributed by atoms with E-state index in [4.69, 9.17) is 14.2 Å². The van der Waals surface area contributed by atoms with Crippen molar-refractivity contribution in [3.05, 3.63) is 82.2 Å². The van der Waals surface area contributed by atoms with Gasteiger partial charge in [0.1, 0.15) is 39.5 Å². The molecule has 0 aliphatic carbocycles. The quantitative estimate of drug-likeness (QED) is 0.110. The minimum absolute atomic E-state index is 0.317. The highest BCUT2D eigenvalue weighted by molar-refractivity contribution is 5.86. The van der Waals surface area contributed by atoms with Gasteiger partial charge in [0.15, 0.2) is 11.6 Å². The lowest BCUT2D eigenvalue weighted by Gasteiger charge is -2.33. The molecule has 16 nitrogen and oxygen atoms in total. The molecule has 2 amide bonds. The fourth-order valence-electron chi connectivity index (χ4n) is 7.42. The second-order valence-electron chi connectivity index (χ2n) is 17.7. The average molecular weight is 901 g/mol. The van der Waals surface area contributed by atoms with Gasteiger partial charge in [-0.05, 0) is 133 Å². The molecule has 1 N–H and O–H groups in total. The van der Waals surface area contributed by atoms with Gasteiger partial charge < -0.3 is 29.1 Å². The van der Waals surface area contributed by atoms with Crippen LogP contribution in [0.4, 0.5) is 18.4 Å². The number of rotatable bonds is 14. The third-order valence-electron chi connectivity index (χ3n) is 10.5. The summed E-state index contributed by atoms with van der Waals surface area (Å²) in [6.45, 7) is 24.0. The molecule has 65 heavy (non-hydrogen) atoms. The van der Waals surface area contributed by atoms with Crippen LogP contribution in [-0.4, -0.2) is 112 Å². The molecular formula is C47H62F2N10O6. The van der Waals surface area contributed by atoms with Gasteiger partial charge in [-0.2, -0.15) is 30.6 Å². The Hall–Kier alpha value is -6.46. The van der Waals surface area contributed by atoms with Crippen LogP contribution < -0.4 is 9.47 Å². The summed E-state index contributed by atoms with van der Waals surface area (Å²) < 4.78 is 48.9. The van der Waals surface area contributed by atoms with Gasteiger partial charge in [-0.3, -0.25) is 0 Å². The third-order valence-corrected chi connectivity index (χ3v) is 10.5. The maximum atomic E-state index is 14.8. The lowest BCUT2D eigenvalue weighted by atomic mass is 10.1. The Morgan fingerprint density at radius 1 is 0.692 bits per heavy atom. The molecule has 4 heterocycles. The summed E-state index contributed by atoms with van der Waals surface area (Å²) in [7, 11) is 1.71. The van der Waals surface area contributed by atoms with Crippen molar-refractivity contribution in [2.75, 3.05) is 33.4 Å². The van der Waals surface area contributed by atoms with Crippen LogP contribution in [0.3, 0.4) is 0 Å². The minimum atomic E-state index is -0.955. The Morgan fingerprint density at radius 2 is 1.12 bits per heavy atom. The third kappa shape index (κ3) is 11.8. The standard InChI is InChI=1S/C24H32FN5O3.C23H30FN5O3/c1-8-32-17-11-12-20(18(25)14-17)30-16(3)21-15(2)26-27-19(22(21)28-30)10-9-13-29(7)23(31)33-24(4,5)6;1-7-32-16-10-11-19(17(24)13-16)29-15(3)20-14(2)25-26-18(21(20)27-29)9-8-12-28(22(30)31)23(4,5)6/h11-12,14H,8-10,13H2,1-7H3;10-11,13H,7-9,12H2,1-6H3,(H,30,31). The molecule has 0 atom stereocenters. The molecule has 0 bridgehead atoms. The van der Waals surface area contributed by atoms with Crippen LogP contribution in [0.2, 0.25) is 0 Å². The molecule has 6 aromatic rings. The second kappa shape index (κ2) is 20.6. The van der Waals surface area contributed by atoms with E-state index >= 15 is 0 Å². The number of carbonyl (C=O) groups is 2. The zero-order valence-electron chi connectivity index (χ0n) is 39.8. The number of amides is 2. The first kappa shape index (κ1) is 49.6. The monoisotopic (exact) mass is 900 g/mol. The van der Waals surface area contributed by atoms with Gasteiger partial charge in [-0.25, -0.2) is 27.7 Å². The first-order chi connectivity index (χ1) is 30.6. The number of aryl methyl sites for hydroxylation is 6. The van der Waals surface area contributed by atoms with Gasteiger partial charge in [0, 0.05) is 48.6 Å². The zero-order valence-corrected chi connectivity index (χ0v) is 39.8. The molecule has 18 heteroatoms. The van der Waals surface area contributed by atoms with Gasteiger partial charge in [0.2, 0.25) is 0 Å². The summed E-state index contributed by atoms with van der Waals surface area (Å²) in [5.41, 5.74) is 5.32. The van der Waals surface area contributed by atoms with Crippen LogP contribution in [0.25, 0.3) is 33.2 Å². The Balaban J connectivity index is 0.000000244. The molecule has 0 radical (unpaired) electrons. The smallest absolute Gasteiger partial charge is 0.410 e. The number of benzene rings is 2. The van der Waals surface area contributed by atoms with Crippen LogP contribution in [0.15, 0.2) is 36.4 Å². The van der Waals surface area contributed by atoms with Crippen molar-refractivity contribution in [3.8, 4) is 22.9 Å². The fourth-order valence-corrected chi connectivity index (χ4v) is 7.42. The highest BCUT2D eigenvalue weighted by atomic mass is 19.1. The van der Waals surface area contributed by atoms with E-state index in [0.29, 0.717) is 103 Å². The maximum absolute atomic E-state index is 14.8. The Morgan fingerprint density at radius 3 is 1.49 bits per heavy atom. The topological polar surface area (TPSA) is 176 Å². The molecule has 350 valence electrons. The van der Waals surface area contributed by atoms with Crippen molar-refractivity contribution in [3.63, 3.8) is 0 Å². The molecule has 0 fully saturated rings. The van der Waals surface area contributed by atoms with E-state index in [1.807, 2.05) is 83.1 Å². The Kier molecular flexibility index (Phi) is 15.7. The molecule has 0 saturated carbocycles. The first-order valence-electron chi connectivity index (χ1n) is 21.8. The van der Waals surface area contributed by atoms with E-state index in [-0.39, 0.29) is 6.09 Å². The van der Waals surface area contributed by atoms with Crippen LogP contribution in [0.5, 0.6) is 11.5 Å². The van der Waals surface area contributed by atoms with Crippen molar-refractivity contribution in [1.29, 1.82) is 0 Å². The van der Waals surface area contributed by atoms with Gasteiger partial charge in [0.05, 0.1) is 47.4 Å². The van der Waals surface area contributed by atoms with E-state index in [2.05, 4.69) is 30.6 Å². The number of halogens is 2. The largest absolute Gasteiger partial charge is 0.494 e. The van der Waals surface area contributed by atoms with E-state index in [1.54, 1.807) is 45.6 Å². The lowest BCUT2D eigenvalue weighted by molar-refractivity contribution is 0.0297. The number of carbonyl (C=O) groups excluding carboxylic acids is 1. The first-order valence-corrected chi connectivity index (χ1v) is 21.8. The molecule has 0 saturated heterocycles. The molecule has 0 aliphatic rings. The summed E-state index contributed by atoms with van der Waals surface area (Å²) in [6.07, 6.45) is 0.980. The van der Waals surface area contributed by atoms with Gasteiger partial charge in [-0.1, -0.05) is 0 Å². The fraction of sp³-hybridized carbons (Fsp3) is 0.489. The van der Waals surface area contributed by atoms with Crippen molar-refractivity contribution in [2.45, 2.75) is 120 Å². The highest BCUT2D eigenvalue weighted by Gasteiger charge is 2.27. The summed E-state index contributed by atoms with van der Waals surface area (Å²) in [5.74, 6) is 0.0813. The number of hydrogen-bond acceptors (Lipinski definition) is 11. The van der Waals surface area contributed by atoms with Crippen LogP contribution in [0, 0.1) is 39.3 Å². The van der Waals surface area contributed by atoms with Crippen molar-refractivity contribution in [2.24, 2.45) is 0 Å². The van der Waals surface area contributed by atoms with Gasteiger partial charge >= 0.3 is 12.2 Å². The SMILES string of the molecule is CCOc1ccc(-n2nc3c(CCCN(C(=O)O)C(C)(C)C)nnc(C)c3c2C)c(F)c1.CCOc1ccc(-n2nc3c(CCCN(C)C(=O)OC(C)(C)C)nnc(C)c3c2C)c(F)c1. The predicted molar refractivity (Wildman–Crippen MR) is 245 cm³/mol. The van der Waals surface area contributed by atoms with Gasteiger partial charge in [0.25, 0.3) is 0 Å². The number of aromatic nitrogens is 8.